The molecule has 0 unspecified atom stereocenters. The average Bonchev–Trinajstić information content (AvgIpc) is 3.12. The number of benzene rings is 3. The fourth-order valence-electron chi connectivity index (χ4n) is 3.84. The van der Waals surface area contributed by atoms with E-state index < -0.39 is 5.82 Å². The smallest absolute Gasteiger partial charge is 0.231 e. The van der Waals surface area contributed by atoms with Gasteiger partial charge in [-0.3, -0.25) is 4.79 Å². The number of carbonyl (C=O) groups is 1. The second-order valence-electron chi connectivity index (χ2n) is 7.79. The fraction of sp³-hybridized carbons (Fsp3) is 0.222. The van der Waals surface area contributed by atoms with Gasteiger partial charge in [-0.25, -0.2) is 4.39 Å². The summed E-state index contributed by atoms with van der Waals surface area (Å²) >= 11 is 6.09. The minimum absolute atomic E-state index is 0.158. The van der Waals surface area contributed by atoms with Crippen molar-refractivity contribution in [3.63, 3.8) is 0 Å². The lowest BCUT2D eigenvalue weighted by molar-refractivity contribution is 0.101. The van der Waals surface area contributed by atoms with Crippen molar-refractivity contribution >= 4 is 29.1 Å². The van der Waals surface area contributed by atoms with Gasteiger partial charge in [0.15, 0.2) is 5.76 Å². The standard InChI is InChI=1S/C27H25ClFNO3/c1-4-30(5-2)21-10-6-18(7-11-21)14-25-26(31)22-12-13-24(17(3)27(22)33-25)32-16-19-8-9-20(29)15-23(19)28/h6-15H,4-5,16H2,1-3H3/b25-14-. The molecule has 6 heteroatoms. The molecule has 0 saturated carbocycles. The highest BCUT2D eigenvalue weighted by molar-refractivity contribution is 6.31. The van der Waals surface area contributed by atoms with E-state index in [-0.39, 0.29) is 18.1 Å². The molecule has 0 amide bonds. The van der Waals surface area contributed by atoms with Gasteiger partial charge < -0.3 is 14.4 Å². The van der Waals surface area contributed by atoms with Crippen molar-refractivity contribution < 1.29 is 18.7 Å². The molecule has 3 aromatic rings. The number of Topliss-reactive ketones (excluding diaryl/α,β-unsaturated/α-hetero) is 1. The Hall–Kier alpha value is -3.31. The number of carbonyl (C=O) groups excluding carboxylic acids is 1. The Kier molecular flexibility index (Phi) is 6.70. The van der Waals surface area contributed by atoms with E-state index in [1.54, 1.807) is 24.3 Å². The quantitative estimate of drug-likeness (QED) is 0.358. The molecule has 1 heterocycles. The van der Waals surface area contributed by atoms with Crippen LogP contribution >= 0.6 is 11.6 Å². The highest BCUT2D eigenvalue weighted by Crippen LogP contribution is 2.39. The summed E-state index contributed by atoms with van der Waals surface area (Å²) in [6.45, 7) is 8.13. The van der Waals surface area contributed by atoms with E-state index in [0.717, 1.165) is 29.9 Å². The second-order valence-corrected chi connectivity index (χ2v) is 8.20. The predicted octanol–water partition coefficient (Wildman–Crippen LogP) is 6.83. The van der Waals surface area contributed by atoms with Crippen molar-refractivity contribution in [1.82, 2.24) is 0 Å². The summed E-state index contributed by atoms with van der Waals surface area (Å²) in [5.41, 5.74) is 3.93. The minimum Gasteiger partial charge on any atom is -0.488 e. The molecule has 4 rings (SSSR count). The van der Waals surface area contributed by atoms with Gasteiger partial charge in [-0.2, -0.15) is 0 Å². The van der Waals surface area contributed by atoms with E-state index in [9.17, 15) is 9.18 Å². The summed E-state index contributed by atoms with van der Waals surface area (Å²) < 4.78 is 25.1. The maximum absolute atomic E-state index is 13.3. The van der Waals surface area contributed by atoms with Crippen LogP contribution in [0.15, 0.2) is 60.4 Å². The Morgan fingerprint density at radius 3 is 2.45 bits per heavy atom. The molecule has 1 aliphatic heterocycles. The molecule has 0 fully saturated rings. The topological polar surface area (TPSA) is 38.8 Å². The van der Waals surface area contributed by atoms with Gasteiger partial charge in [0.05, 0.1) is 10.6 Å². The normalized spacial score (nSPS) is 13.7. The van der Waals surface area contributed by atoms with Gasteiger partial charge in [0, 0.05) is 29.9 Å². The highest BCUT2D eigenvalue weighted by Gasteiger charge is 2.30. The first kappa shape index (κ1) is 22.9. The van der Waals surface area contributed by atoms with Gasteiger partial charge in [0.25, 0.3) is 0 Å². The zero-order valence-electron chi connectivity index (χ0n) is 18.8. The number of allylic oxidation sites excluding steroid dienone is 1. The number of hydrogen-bond donors (Lipinski definition) is 0. The van der Waals surface area contributed by atoms with Gasteiger partial charge in [-0.05, 0) is 68.8 Å². The number of rotatable bonds is 7. The zero-order chi connectivity index (χ0) is 23.5. The third-order valence-electron chi connectivity index (χ3n) is 5.75. The number of anilines is 1. The molecule has 0 saturated heterocycles. The molecule has 0 N–H and O–H groups in total. The number of ether oxygens (including phenoxy) is 2. The summed E-state index contributed by atoms with van der Waals surface area (Å²) in [4.78, 5) is 15.2. The largest absolute Gasteiger partial charge is 0.488 e. The first-order chi connectivity index (χ1) is 15.9. The monoisotopic (exact) mass is 465 g/mol. The molecular formula is C27H25ClFNO3. The molecule has 0 bridgehead atoms. The fourth-order valence-corrected chi connectivity index (χ4v) is 4.06. The van der Waals surface area contributed by atoms with Crippen LogP contribution in [0.25, 0.3) is 6.08 Å². The van der Waals surface area contributed by atoms with Crippen molar-refractivity contribution in [1.29, 1.82) is 0 Å². The van der Waals surface area contributed by atoms with E-state index in [2.05, 4.69) is 18.7 Å². The predicted molar refractivity (Wildman–Crippen MR) is 130 cm³/mol. The Morgan fingerprint density at radius 2 is 1.79 bits per heavy atom. The lowest BCUT2D eigenvalue weighted by Gasteiger charge is -2.20. The van der Waals surface area contributed by atoms with Crippen LogP contribution in [-0.2, 0) is 6.61 Å². The van der Waals surface area contributed by atoms with Gasteiger partial charge in [0.2, 0.25) is 5.78 Å². The molecular weight excluding hydrogens is 441 g/mol. The van der Waals surface area contributed by atoms with Gasteiger partial charge in [0.1, 0.15) is 23.9 Å². The average molecular weight is 466 g/mol. The van der Waals surface area contributed by atoms with E-state index in [1.807, 2.05) is 31.2 Å². The number of fused-ring (bicyclic) bond motifs is 1. The first-order valence-electron chi connectivity index (χ1n) is 10.9. The van der Waals surface area contributed by atoms with Crippen LogP contribution in [0.5, 0.6) is 11.5 Å². The number of ketones is 1. The van der Waals surface area contributed by atoms with Crippen LogP contribution in [0.3, 0.4) is 0 Å². The molecule has 3 aromatic carbocycles. The maximum Gasteiger partial charge on any atom is 0.231 e. The Morgan fingerprint density at radius 1 is 1.06 bits per heavy atom. The minimum atomic E-state index is -0.397. The van der Waals surface area contributed by atoms with E-state index in [0.29, 0.717) is 27.6 Å². The molecule has 0 spiro atoms. The lowest BCUT2D eigenvalue weighted by Crippen LogP contribution is -2.21. The Balaban J connectivity index is 1.52. The van der Waals surface area contributed by atoms with Crippen LogP contribution in [0.1, 0.15) is 40.9 Å². The number of halogens is 2. The Bertz CT molecular complexity index is 1220. The van der Waals surface area contributed by atoms with Crippen LogP contribution in [-0.4, -0.2) is 18.9 Å². The summed E-state index contributed by atoms with van der Waals surface area (Å²) in [6, 6.07) is 15.7. The van der Waals surface area contributed by atoms with E-state index in [4.69, 9.17) is 21.1 Å². The molecule has 0 aliphatic carbocycles. The maximum atomic E-state index is 13.3. The van der Waals surface area contributed by atoms with Gasteiger partial charge >= 0.3 is 0 Å². The second kappa shape index (κ2) is 9.67. The molecule has 33 heavy (non-hydrogen) atoms. The van der Waals surface area contributed by atoms with Crippen molar-refractivity contribution in [2.45, 2.75) is 27.4 Å². The lowest BCUT2D eigenvalue weighted by atomic mass is 10.1. The Labute approximate surface area is 198 Å². The van der Waals surface area contributed by atoms with E-state index >= 15 is 0 Å². The highest BCUT2D eigenvalue weighted by atomic mass is 35.5. The van der Waals surface area contributed by atoms with Crippen molar-refractivity contribution in [2.24, 2.45) is 0 Å². The SMILES string of the molecule is CCN(CC)c1ccc(/C=C2\Oc3c(ccc(OCc4ccc(F)cc4Cl)c3C)C2=O)cc1. The summed E-state index contributed by atoms with van der Waals surface area (Å²) in [6.07, 6.45) is 1.76. The third-order valence-corrected chi connectivity index (χ3v) is 6.11. The summed E-state index contributed by atoms with van der Waals surface area (Å²) in [5.74, 6) is 0.795. The zero-order valence-corrected chi connectivity index (χ0v) is 19.6. The van der Waals surface area contributed by atoms with E-state index in [1.165, 1.54) is 12.1 Å². The number of nitrogens with zero attached hydrogens (tertiary/aromatic N) is 1. The number of hydrogen-bond acceptors (Lipinski definition) is 4. The first-order valence-corrected chi connectivity index (χ1v) is 11.3. The molecule has 1 aliphatic rings. The molecule has 0 aromatic heterocycles. The van der Waals surface area contributed by atoms with Crippen LogP contribution in [0, 0.1) is 12.7 Å². The van der Waals surface area contributed by atoms with Crippen LogP contribution < -0.4 is 14.4 Å². The van der Waals surface area contributed by atoms with Crippen molar-refractivity contribution in [3.8, 4) is 11.5 Å². The van der Waals surface area contributed by atoms with Crippen molar-refractivity contribution in [3.05, 3.63) is 93.5 Å². The van der Waals surface area contributed by atoms with Gasteiger partial charge in [-0.15, -0.1) is 0 Å². The molecule has 0 radical (unpaired) electrons. The van der Waals surface area contributed by atoms with Crippen LogP contribution in [0.2, 0.25) is 5.02 Å². The molecule has 170 valence electrons. The van der Waals surface area contributed by atoms with Gasteiger partial charge in [-0.1, -0.05) is 29.8 Å². The molecule has 0 atom stereocenters. The summed E-state index contributed by atoms with van der Waals surface area (Å²) in [7, 11) is 0. The van der Waals surface area contributed by atoms with Crippen LogP contribution in [0.4, 0.5) is 10.1 Å². The van der Waals surface area contributed by atoms with Crippen molar-refractivity contribution in [2.75, 3.05) is 18.0 Å². The molecule has 4 nitrogen and oxygen atoms in total. The third kappa shape index (κ3) is 4.74. The summed E-state index contributed by atoms with van der Waals surface area (Å²) in [5, 5.41) is 0.303.